The summed E-state index contributed by atoms with van der Waals surface area (Å²) in [6, 6.07) is -0.617. The summed E-state index contributed by atoms with van der Waals surface area (Å²) in [5.74, 6) is -1.47. The van der Waals surface area contributed by atoms with Crippen molar-refractivity contribution in [3.05, 3.63) is 36.5 Å². The molecule has 0 radical (unpaired) electrons. The van der Waals surface area contributed by atoms with E-state index in [2.05, 4.69) is 50.3 Å². The highest BCUT2D eigenvalue weighted by atomic mass is 16.6. The third kappa shape index (κ3) is 46.7. The number of hydrogen-bond donors (Lipinski definition) is 1. The second kappa shape index (κ2) is 49.0. The third-order valence-electron chi connectivity index (χ3n) is 12.8. The maximum absolute atomic E-state index is 12.8. The number of esters is 2. The number of unbranched alkanes of at least 4 members (excludes halogenated alkanes) is 31. The highest BCUT2D eigenvalue weighted by molar-refractivity contribution is 5.72. The molecule has 0 aromatic carbocycles. The summed E-state index contributed by atoms with van der Waals surface area (Å²) < 4.78 is 17.4. The summed E-state index contributed by atoms with van der Waals surface area (Å²) in [4.78, 5) is 37.2. The normalized spacial score (nSPS) is 13.0. The smallest absolute Gasteiger partial charge is 0.362 e. The van der Waals surface area contributed by atoms with Crippen LogP contribution in [0.5, 0.6) is 0 Å². The molecule has 0 aromatic rings. The van der Waals surface area contributed by atoms with Gasteiger partial charge in [-0.1, -0.05) is 211 Å². The summed E-state index contributed by atoms with van der Waals surface area (Å²) in [7, 11) is 5.54. The van der Waals surface area contributed by atoms with Gasteiger partial charge in [-0.15, -0.1) is 0 Å². The molecular weight excluding hydrogens is 823 g/mol. The summed E-state index contributed by atoms with van der Waals surface area (Å²) >= 11 is 0. The molecule has 0 heterocycles. The van der Waals surface area contributed by atoms with E-state index in [1.54, 1.807) is 0 Å². The summed E-state index contributed by atoms with van der Waals surface area (Å²) in [5.41, 5.74) is 0. The summed E-state index contributed by atoms with van der Waals surface area (Å²) in [6.45, 7) is 4.76. The lowest BCUT2D eigenvalue weighted by molar-refractivity contribution is -0.887. The van der Waals surface area contributed by atoms with Crippen LogP contribution in [0.1, 0.15) is 264 Å². The van der Waals surface area contributed by atoms with E-state index in [0.29, 0.717) is 19.3 Å². The molecule has 0 aliphatic rings. The van der Waals surface area contributed by atoms with Crippen LogP contribution in [0.3, 0.4) is 0 Å². The van der Waals surface area contributed by atoms with Crippen LogP contribution in [-0.2, 0) is 28.6 Å². The van der Waals surface area contributed by atoms with Crippen molar-refractivity contribution in [2.75, 3.05) is 41.0 Å². The Morgan fingerprint density at radius 1 is 0.455 bits per heavy atom. The molecule has 2 atom stereocenters. The lowest BCUT2D eigenvalue weighted by Gasteiger charge is -2.31. The fourth-order valence-corrected chi connectivity index (χ4v) is 8.41. The van der Waals surface area contributed by atoms with E-state index >= 15 is 0 Å². The minimum absolute atomic E-state index is 0.0544. The molecule has 66 heavy (non-hydrogen) atoms. The lowest BCUT2D eigenvalue weighted by Crippen LogP contribution is -2.50. The third-order valence-corrected chi connectivity index (χ3v) is 12.8. The maximum Gasteiger partial charge on any atom is 0.362 e. The Labute approximate surface area is 408 Å². The largest absolute Gasteiger partial charge is 0.477 e. The highest BCUT2D eigenvalue weighted by Gasteiger charge is 2.31. The number of likely N-dealkylation sites (N-methyl/N-ethyl adjacent to an activating group) is 1. The van der Waals surface area contributed by atoms with Gasteiger partial charge in [-0.3, -0.25) is 9.59 Å². The predicted molar refractivity (Wildman–Crippen MR) is 280 cm³/mol. The molecule has 8 heteroatoms. The standard InChI is InChI=1S/C58H107NO7/c1-6-8-10-12-14-16-18-20-22-24-26-28-29-31-33-35-37-39-41-43-45-47-49-57(61)66-54(52-64-51-50-55(58(62)63)59(3,4)5)53-65-56(60)48-46-44-42-40-38-36-34-32-30-27-25-23-21-19-17-15-13-11-9-7-2/h24,26-27,29-31,54-55H,6-23,25,28,32-53H2,1-5H3/p+1/b26-24+,30-27+,31-29+. The zero-order valence-corrected chi connectivity index (χ0v) is 44.2. The fourth-order valence-electron chi connectivity index (χ4n) is 8.41. The molecule has 386 valence electrons. The van der Waals surface area contributed by atoms with Gasteiger partial charge in [-0.25, -0.2) is 4.79 Å². The number of carbonyl (C=O) groups excluding carboxylic acids is 2. The van der Waals surface area contributed by atoms with Gasteiger partial charge in [0.15, 0.2) is 12.1 Å². The Bertz CT molecular complexity index is 1170. The highest BCUT2D eigenvalue weighted by Crippen LogP contribution is 2.16. The number of carboxylic acid groups (broad SMARTS) is 1. The Morgan fingerprint density at radius 2 is 0.803 bits per heavy atom. The predicted octanol–water partition coefficient (Wildman–Crippen LogP) is 16.5. The van der Waals surface area contributed by atoms with Crippen molar-refractivity contribution in [1.82, 2.24) is 0 Å². The Balaban J connectivity index is 4.21. The number of carboxylic acids is 1. The zero-order valence-electron chi connectivity index (χ0n) is 44.2. The van der Waals surface area contributed by atoms with Gasteiger partial charge >= 0.3 is 17.9 Å². The Kier molecular flexibility index (Phi) is 47.2. The van der Waals surface area contributed by atoms with Gasteiger partial charge in [-0.2, -0.15) is 0 Å². The van der Waals surface area contributed by atoms with E-state index in [1.165, 1.54) is 180 Å². The second-order valence-electron chi connectivity index (χ2n) is 20.2. The van der Waals surface area contributed by atoms with Crippen LogP contribution in [0, 0.1) is 0 Å². The van der Waals surface area contributed by atoms with Gasteiger partial charge in [0.1, 0.15) is 6.61 Å². The van der Waals surface area contributed by atoms with Crippen molar-refractivity contribution < 1.29 is 38.2 Å². The van der Waals surface area contributed by atoms with Gasteiger partial charge in [0, 0.05) is 19.3 Å². The van der Waals surface area contributed by atoms with Crippen LogP contribution in [0.15, 0.2) is 36.5 Å². The fraction of sp³-hybridized carbons (Fsp3) is 0.845. The van der Waals surface area contributed by atoms with Gasteiger partial charge in [-0.05, 0) is 70.6 Å². The molecule has 0 saturated carbocycles. The first kappa shape index (κ1) is 63.5. The summed E-state index contributed by atoms with van der Waals surface area (Å²) in [5, 5.41) is 9.67. The van der Waals surface area contributed by atoms with E-state index < -0.39 is 18.1 Å². The minimum atomic E-state index is -0.874. The van der Waals surface area contributed by atoms with Gasteiger partial charge in [0.2, 0.25) is 0 Å². The molecule has 0 rings (SSSR count). The van der Waals surface area contributed by atoms with Crippen LogP contribution in [0.4, 0.5) is 0 Å². The number of allylic oxidation sites excluding steroid dienone is 6. The van der Waals surface area contributed by atoms with Crippen molar-refractivity contribution in [1.29, 1.82) is 0 Å². The van der Waals surface area contributed by atoms with Crippen molar-refractivity contribution in [2.24, 2.45) is 0 Å². The van der Waals surface area contributed by atoms with Crippen LogP contribution in [0.25, 0.3) is 0 Å². The number of ether oxygens (including phenoxy) is 3. The molecule has 0 aliphatic carbocycles. The quantitative estimate of drug-likeness (QED) is 0.0281. The number of quaternary nitrogens is 1. The topological polar surface area (TPSA) is 99.1 Å². The molecule has 8 nitrogen and oxygen atoms in total. The van der Waals surface area contributed by atoms with Gasteiger partial charge < -0.3 is 23.8 Å². The van der Waals surface area contributed by atoms with Crippen molar-refractivity contribution >= 4 is 17.9 Å². The average Bonchev–Trinajstić information content (AvgIpc) is 3.28. The number of nitrogens with zero attached hydrogens (tertiary/aromatic N) is 1. The number of rotatable bonds is 51. The summed E-state index contributed by atoms with van der Waals surface area (Å²) in [6.07, 6.45) is 59.1. The SMILES string of the molecule is CCCCCCCCCC/C=C/C/C=C/CCCCCCCCCC(=O)OC(COCCC(C(=O)O)[N+](C)(C)C)COC(=O)CCCCCCCCC/C=C/CCCCCCCCCCC. The zero-order chi connectivity index (χ0) is 48.4. The van der Waals surface area contributed by atoms with Crippen molar-refractivity contribution in [3.63, 3.8) is 0 Å². The molecule has 1 N–H and O–H groups in total. The number of carbonyl (C=O) groups is 3. The number of hydrogen-bond acceptors (Lipinski definition) is 6. The van der Waals surface area contributed by atoms with E-state index in [4.69, 9.17) is 14.2 Å². The molecule has 0 amide bonds. The second-order valence-corrected chi connectivity index (χ2v) is 20.2. The number of aliphatic carboxylic acids is 1. The van der Waals surface area contributed by atoms with Crippen LogP contribution in [0.2, 0.25) is 0 Å². The van der Waals surface area contributed by atoms with Crippen LogP contribution >= 0.6 is 0 Å². The lowest BCUT2D eigenvalue weighted by atomic mass is 10.1. The van der Waals surface area contributed by atoms with E-state index in [0.717, 1.165) is 51.4 Å². The molecule has 0 aromatic heterocycles. The molecular formula is C58H108NO7+. The maximum atomic E-state index is 12.8. The van der Waals surface area contributed by atoms with Gasteiger partial charge in [0.25, 0.3) is 0 Å². The van der Waals surface area contributed by atoms with Crippen LogP contribution < -0.4 is 0 Å². The van der Waals surface area contributed by atoms with Crippen molar-refractivity contribution in [3.8, 4) is 0 Å². The van der Waals surface area contributed by atoms with E-state index in [-0.39, 0.29) is 36.2 Å². The molecule has 2 unspecified atom stereocenters. The molecule has 0 spiro atoms. The Morgan fingerprint density at radius 3 is 1.18 bits per heavy atom. The monoisotopic (exact) mass is 931 g/mol. The van der Waals surface area contributed by atoms with Gasteiger partial charge in [0.05, 0.1) is 34.4 Å². The minimum Gasteiger partial charge on any atom is -0.477 e. The first-order chi connectivity index (χ1) is 32.1. The molecule has 0 fully saturated rings. The van der Waals surface area contributed by atoms with E-state index in [9.17, 15) is 19.5 Å². The molecule has 0 saturated heterocycles. The molecule has 0 aliphatic heterocycles. The molecule has 0 bridgehead atoms. The first-order valence-electron chi connectivity index (χ1n) is 28.0. The van der Waals surface area contributed by atoms with E-state index in [1.807, 2.05) is 21.1 Å². The van der Waals surface area contributed by atoms with Crippen molar-refractivity contribution in [2.45, 2.75) is 276 Å². The first-order valence-corrected chi connectivity index (χ1v) is 28.0. The average molecular weight is 932 g/mol. The Hall–Kier alpha value is -2.45. The van der Waals surface area contributed by atoms with Crippen LogP contribution in [-0.4, -0.2) is 80.6 Å².